The fraction of sp³-hybridized carbons (Fsp3) is 0.667. The summed E-state index contributed by atoms with van der Waals surface area (Å²) in [6.07, 6.45) is -0.0795. The number of hydrogen-bond acceptors (Lipinski definition) is 5. The minimum Gasteiger partial charge on any atom is -0.468 e. The molecule has 1 aromatic rings. The molecule has 0 aromatic carbocycles. The Bertz CT molecular complexity index is 280. The number of halogens is 1. The van der Waals surface area contributed by atoms with Crippen molar-refractivity contribution in [1.29, 1.82) is 0 Å². The summed E-state index contributed by atoms with van der Waals surface area (Å²) in [5.74, 6) is 0.0510. The number of hydrogen-bond donors (Lipinski definition) is 1. The van der Waals surface area contributed by atoms with Gasteiger partial charge in [0, 0.05) is 5.92 Å². The average Bonchev–Trinajstić information content (AvgIpc) is 2.56. The minimum absolute atomic E-state index is 0.0510. The van der Waals surface area contributed by atoms with Crippen LogP contribution in [0.5, 0.6) is 5.19 Å². The van der Waals surface area contributed by atoms with Crippen molar-refractivity contribution in [3.63, 3.8) is 0 Å². The largest absolute Gasteiger partial charge is 0.468 e. The lowest BCUT2D eigenvalue weighted by Gasteiger charge is -1.96. The highest BCUT2D eigenvalue weighted by atomic mass is 32.1. The second-order valence-electron chi connectivity index (χ2n) is 2.73. The van der Waals surface area contributed by atoms with Crippen LogP contribution in [0.1, 0.15) is 6.42 Å². The van der Waals surface area contributed by atoms with E-state index in [0.29, 0.717) is 23.4 Å². The van der Waals surface area contributed by atoms with Crippen LogP contribution < -0.4 is 10.5 Å². The molecular weight excluding hydrogens is 181 g/mol. The molecule has 1 fully saturated rings. The van der Waals surface area contributed by atoms with Crippen molar-refractivity contribution in [1.82, 2.24) is 10.2 Å². The normalized spacial score (nSPS) is 27.1. The van der Waals surface area contributed by atoms with Crippen LogP contribution in [0.25, 0.3) is 0 Å². The molecule has 1 heterocycles. The molecule has 0 radical (unpaired) electrons. The highest BCUT2D eigenvalue weighted by Crippen LogP contribution is 2.34. The van der Waals surface area contributed by atoms with Gasteiger partial charge in [0.2, 0.25) is 5.13 Å². The Labute approximate surface area is 72.6 Å². The van der Waals surface area contributed by atoms with Gasteiger partial charge in [0.05, 0.1) is 6.61 Å². The van der Waals surface area contributed by atoms with E-state index in [1.54, 1.807) is 0 Å². The monoisotopic (exact) mass is 189 g/mol. The molecule has 1 aromatic heterocycles. The molecule has 1 saturated carbocycles. The molecule has 0 unspecified atom stereocenters. The van der Waals surface area contributed by atoms with Crippen LogP contribution in [0.4, 0.5) is 9.52 Å². The lowest BCUT2D eigenvalue weighted by Crippen LogP contribution is -2.00. The van der Waals surface area contributed by atoms with E-state index in [4.69, 9.17) is 10.5 Å². The van der Waals surface area contributed by atoms with Crippen molar-refractivity contribution in [3.8, 4) is 5.19 Å². The molecule has 66 valence electrons. The van der Waals surface area contributed by atoms with Crippen molar-refractivity contribution in [2.75, 3.05) is 12.3 Å². The topological polar surface area (TPSA) is 61.0 Å². The summed E-state index contributed by atoms with van der Waals surface area (Å²) in [7, 11) is 0. The van der Waals surface area contributed by atoms with Crippen LogP contribution in [0.2, 0.25) is 0 Å². The van der Waals surface area contributed by atoms with E-state index in [2.05, 4.69) is 10.2 Å². The van der Waals surface area contributed by atoms with Gasteiger partial charge in [-0.3, -0.25) is 0 Å². The molecule has 6 heteroatoms. The van der Waals surface area contributed by atoms with Gasteiger partial charge < -0.3 is 10.5 Å². The number of alkyl halides is 1. The molecule has 0 spiro atoms. The van der Waals surface area contributed by atoms with Gasteiger partial charge in [-0.2, -0.15) is 0 Å². The quantitative estimate of drug-likeness (QED) is 0.766. The maximum atomic E-state index is 12.3. The molecule has 12 heavy (non-hydrogen) atoms. The maximum Gasteiger partial charge on any atom is 0.295 e. The molecule has 4 nitrogen and oxygen atoms in total. The molecule has 2 N–H and O–H groups in total. The fourth-order valence-corrected chi connectivity index (χ4v) is 1.31. The summed E-state index contributed by atoms with van der Waals surface area (Å²) in [5, 5.41) is 8.00. The van der Waals surface area contributed by atoms with Crippen LogP contribution in [-0.4, -0.2) is 23.0 Å². The number of anilines is 1. The zero-order valence-corrected chi connectivity index (χ0v) is 7.05. The Morgan fingerprint density at radius 2 is 2.42 bits per heavy atom. The SMILES string of the molecule is Nc1nnc(OC[C@@H]2C[C@H]2F)s1. The fourth-order valence-electron chi connectivity index (χ4n) is 0.840. The summed E-state index contributed by atoms with van der Waals surface area (Å²) in [5.41, 5.74) is 5.32. The second-order valence-corrected chi connectivity index (χ2v) is 3.70. The maximum absolute atomic E-state index is 12.3. The predicted molar refractivity (Wildman–Crippen MR) is 42.8 cm³/mol. The third-order valence-corrected chi connectivity index (χ3v) is 2.34. The van der Waals surface area contributed by atoms with E-state index >= 15 is 0 Å². The van der Waals surface area contributed by atoms with E-state index < -0.39 is 6.17 Å². The van der Waals surface area contributed by atoms with Gasteiger partial charge in [-0.05, 0) is 17.8 Å². The van der Waals surface area contributed by atoms with Gasteiger partial charge >= 0.3 is 0 Å². The summed E-state index contributed by atoms with van der Waals surface area (Å²) < 4.78 is 17.5. The molecule has 2 atom stereocenters. The van der Waals surface area contributed by atoms with Gasteiger partial charge in [0.1, 0.15) is 6.17 Å². The van der Waals surface area contributed by atoms with E-state index in [9.17, 15) is 4.39 Å². The third-order valence-electron chi connectivity index (χ3n) is 1.68. The summed E-state index contributed by atoms with van der Waals surface area (Å²) in [4.78, 5) is 0. The van der Waals surface area contributed by atoms with Gasteiger partial charge in [0.25, 0.3) is 5.19 Å². The highest BCUT2D eigenvalue weighted by Gasteiger charge is 2.38. The molecular formula is C6H8FN3OS. The van der Waals surface area contributed by atoms with E-state index in [-0.39, 0.29) is 5.92 Å². The van der Waals surface area contributed by atoms with Gasteiger partial charge in [0.15, 0.2) is 0 Å². The van der Waals surface area contributed by atoms with Crippen molar-refractivity contribution >= 4 is 16.5 Å². The lowest BCUT2D eigenvalue weighted by molar-refractivity contribution is 0.276. The number of rotatable bonds is 3. The average molecular weight is 189 g/mol. The van der Waals surface area contributed by atoms with Gasteiger partial charge in [-0.1, -0.05) is 5.10 Å². The molecule has 0 bridgehead atoms. The highest BCUT2D eigenvalue weighted by molar-refractivity contribution is 7.16. The number of aromatic nitrogens is 2. The Hall–Kier alpha value is -0.910. The summed E-state index contributed by atoms with van der Waals surface area (Å²) in [6.45, 7) is 0.385. The number of nitrogens with two attached hydrogens (primary N) is 1. The van der Waals surface area contributed by atoms with E-state index in [1.807, 2.05) is 0 Å². The first-order valence-electron chi connectivity index (χ1n) is 3.61. The summed E-state index contributed by atoms with van der Waals surface area (Å²) >= 11 is 1.17. The first-order chi connectivity index (χ1) is 5.75. The molecule has 2 rings (SSSR count). The van der Waals surface area contributed by atoms with Crippen LogP contribution in [0.15, 0.2) is 0 Å². The van der Waals surface area contributed by atoms with Crippen molar-refractivity contribution in [3.05, 3.63) is 0 Å². The van der Waals surface area contributed by atoms with Crippen LogP contribution in [0, 0.1) is 5.92 Å². The molecule has 1 aliphatic carbocycles. The number of nitrogen functional groups attached to an aromatic ring is 1. The Kier molecular flexibility index (Phi) is 1.84. The molecule has 0 aliphatic heterocycles. The van der Waals surface area contributed by atoms with Crippen LogP contribution in [-0.2, 0) is 0 Å². The zero-order chi connectivity index (χ0) is 8.55. The first-order valence-corrected chi connectivity index (χ1v) is 4.43. The first kappa shape index (κ1) is 7.72. The standard InChI is InChI=1S/C6H8FN3OS/c7-4-1-3(4)2-11-6-10-9-5(8)12-6/h3-4H,1-2H2,(H2,8,9)/t3-,4+/m0/s1. The predicted octanol–water partition coefficient (Wildman–Crippen LogP) is 0.857. The number of ether oxygens (including phenoxy) is 1. The van der Waals surface area contributed by atoms with Crippen LogP contribution in [0.3, 0.4) is 0 Å². The number of nitrogens with zero attached hydrogens (tertiary/aromatic N) is 2. The Morgan fingerprint density at radius 3 is 2.92 bits per heavy atom. The van der Waals surface area contributed by atoms with Crippen molar-refractivity contribution in [2.24, 2.45) is 5.92 Å². The molecule has 0 amide bonds. The minimum atomic E-state index is -0.685. The third kappa shape index (κ3) is 1.63. The molecule has 1 aliphatic rings. The Balaban J connectivity index is 1.80. The van der Waals surface area contributed by atoms with Crippen LogP contribution >= 0.6 is 11.3 Å². The van der Waals surface area contributed by atoms with Crippen molar-refractivity contribution < 1.29 is 9.13 Å². The molecule has 0 saturated heterocycles. The summed E-state index contributed by atoms with van der Waals surface area (Å²) in [6, 6.07) is 0. The zero-order valence-electron chi connectivity index (χ0n) is 6.24. The second kappa shape index (κ2) is 2.85. The smallest absolute Gasteiger partial charge is 0.295 e. The van der Waals surface area contributed by atoms with Gasteiger partial charge in [-0.15, -0.1) is 5.10 Å². The van der Waals surface area contributed by atoms with Crippen molar-refractivity contribution in [2.45, 2.75) is 12.6 Å². The Morgan fingerprint density at radius 1 is 1.67 bits per heavy atom. The van der Waals surface area contributed by atoms with E-state index in [1.165, 1.54) is 11.3 Å². The van der Waals surface area contributed by atoms with E-state index in [0.717, 1.165) is 0 Å². The van der Waals surface area contributed by atoms with Gasteiger partial charge in [-0.25, -0.2) is 4.39 Å². The lowest BCUT2D eigenvalue weighted by atomic mass is 10.5.